The molecule has 0 aliphatic carbocycles. The molecule has 0 aromatic heterocycles. The minimum atomic E-state index is 0.866. The summed E-state index contributed by atoms with van der Waals surface area (Å²) in [5.74, 6) is 0.866. The average molecular weight is 170 g/mol. The maximum absolute atomic E-state index is 5.00. The highest BCUT2D eigenvalue weighted by Crippen LogP contribution is 2.20. The van der Waals surface area contributed by atoms with Gasteiger partial charge in [-0.3, -0.25) is 0 Å². The van der Waals surface area contributed by atoms with Crippen LogP contribution in [0.2, 0.25) is 0 Å². The lowest BCUT2D eigenvalue weighted by molar-refractivity contribution is 0.414. The van der Waals surface area contributed by atoms with Crippen molar-refractivity contribution in [2.24, 2.45) is 0 Å². The Kier molecular flexibility index (Phi) is 3.26. The lowest BCUT2D eigenvalue weighted by Gasteiger charge is -2.00. The summed E-state index contributed by atoms with van der Waals surface area (Å²) < 4.78 is 9.87. The van der Waals surface area contributed by atoms with E-state index in [1.165, 1.54) is 12.0 Å². The largest absolute Gasteiger partial charge is 0.497 e. The van der Waals surface area contributed by atoms with Gasteiger partial charge in [0.25, 0.3) is 0 Å². The molecular weight excluding hydrogens is 160 g/mol. The number of rotatable bonds is 3. The monoisotopic (exact) mass is 170 g/mol. The molecule has 2 nitrogen and oxygen atoms in total. The molecule has 1 aromatic carbocycles. The van der Waals surface area contributed by atoms with Crippen molar-refractivity contribution < 1.29 is 8.92 Å². The second kappa shape index (κ2) is 4.26. The van der Waals surface area contributed by atoms with Crippen LogP contribution in [0, 0.1) is 0 Å². The number of benzene rings is 1. The van der Waals surface area contributed by atoms with Crippen LogP contribution in [0.4, 0.5) is 0 Å². The summed E-state index contributed by atoms with van der Waals surface area (Å²) in [4.78, 5) is 1.08. The van der Waals surface area contributed by atoms with Crippen molar-refractivity contribution in [3.63, 3.8) is 0 Å². The average Bonchev–Trinajstić information content (AvgIpc) is 2.07. The van der Waals surface area contributed by atoms with Crippen LogP contribution in [0.3, 0.4) is 0 Å². The van der Waals surface area contributed by atoms with E-state index in [2.05, 4.69) is 0 Å². The normalized spacial score (nSPS) is 9.64. The molecule has 1 rings (SSSR count). The molecule has 11 heavy (non-hydrogen) atoms. The van der Waals surface area contributed by atoms with E-state index in [0.717, 1.165) is 10.6 Å². The van der Waals surface area contributed by atoms with E-state index in [4.69, 9.17) is 8.92 Å². The Morgan fingerprint density at radius 2 is 1.73 bits per heavy atom. The Hall–Kier alpha value is -0.670. The molecule has 0 fully saturated rings. The molecule has 0 radical (unpaired) electrons. The lowest BCUT2D eigenvalue weighted by atomic mass is 10.3. The van der Waals surface area contributed by atoms with Gasteiger partial charge in [-0.25, -0.2) is 0 Å². The van der Waals surface area contributed by atoms with Gasteiger partial charge in [0.15, 0.2) is 0 Å². The van der Waals surface area contributed by atoms with E-state index in [-0.39, 0.29) is 0 Å². The van der Waals surface area contributed by atoms with E-state index < -0.39 is 0 Å². The molecule has 0 aliphatic rings. The highest BCUT2D eigenvalue weighted by Gasteiger charge is 1.92. The van der Waals surface area contributed by atoms with E-state index >= 15 is 0 Å². The predicted octanol–water partition coefficient (Wildman–Crippen LogP) is 2.35. The lowest BCUT2D eigenvalue weighted by Crippen LogP contribution is -1.81. The SMILES string of the molecule is COSc1ccc(OC)cc1. The van der Waals surface area contributed by atoms with Crippen molar-refractivity contribution >= 4 is 12.0 Å². The molecule has 0 N–H and O–H groups in total. The molecule has 0 unspecified atom stereocenters. The van der Waals surface area contributed by atoms with Crippen molar-refractivity contribution in [1.29, 1.82) is 0 Å². The second-order valence-electron chi connectivity index (χ2n) is 1.93. The first kappa shape index (κ1) is 8.43. The number of methoxy groups -OCH3 is 1. The molecular formula is C8H10O2S. The van der Waals surface area contributed by atoms with E-state index in [0.29, 0.717) is 0 Å². The first-order valence-electron chi connectivity index (χ1n) is 3.21. The van der Waals surface area contributed by atoms with E-state index in [9.17, 15) is 0 Å². The Bertz CT molecular complexity index is 208. The van der Waals surface area contributed by atoms with Crippen molar-refractivity contribution in [1.82, 2.24) is 0 Å². The summed E-state index contributed by atoms with van der Waals surface area (Å²) in [5, 5.41) is 0. The van der Waals surface area contributed by atoms with Crippen LogP contribution in [0.5, 0.6) is 5.75 Å². The minimum Gasteiger partial charge on any atom is -0.497 e. The third kappa shape index (κ3) is 2.44. The van der Waals surface area contributed by atoms with Gasteiger partial charge in [-0.1, -0.05) is 0 Å². The van der Waals surface area contributed by atoms with Gasteiger partial charge < -0.3 is 8.92 Å². The molecule has 0 spiro atoms. The molecule has 3 heteroatoms. The molecule has 0 saturated heterocycles. The van der Waals surface area contributed by atoms with Crippen LogP contribution < -0.4 is 4.74 Å². The second-order valence-corrected chi connectivity index (χ2v) is 2.90. The van der Waals surface area contributed by atoms with Gasteiger partial charge in [-0.2, -0.15) is 0 Å². The number of hydrogen-bond donors (Lipinski definition) is 0. The fourth-order valence-electron chi connectivity index (χ4n) is 0.728. The molecule has 0 saturated carbocycles. The van der Waals surface area contributed by atoms with E-state index in [1.54, 1.807) is 14.2 Å². The first-order valence-corrected chi connectivity index (χ1v) is 3.95. The quantitative estimate of drug-likeness (QED) is 0.649. The Labute approximate surface area is 70.7 Å². The molecule has 0 amide bonds. The summed E-state index contributed by atoms with van der Waals surface area (Å²) in [5.41, 5.74) is 0. The van der Waals surface area contributed by atoms with Gasteiger partial charge in [-0.05, 0) is 24.3 Å². The zero-order valence-corrected chi connectivity index (χ0v) is 7.35. The van der Waals surface area contributed by atoms with Crippen LogP contribution in [-0.2, 0) is 4.18 Å². The molecule has 0 heterocycles. The Morgan fingerprint density at radius 1 is 1.09 bits per heavy atom. The zero-order chi connectivity index (χ0) is 8.10. The van der Waals surface area contributed by atoms with Crippen LogP contribution in [0.25, 0.3) is 0 Å². The Balaban J connectivity index is 2.66. The van der Waals surface area contributed by atoms with E-state index in [1.807, 2.05) is 24.3 Å². The Morgan fingerprint density at radius 3 is 2.18 bits per heavy atom. The van der Waals surface area contributed by atoms with Crippen LogP contribution in [-0.4, -0.2) is 14.2 Å². The fourth-order valence-corrected chi connectivity index (χ4v) is 1.17. The third-order valence-corrected chi connectivity index (χ3v) is 1.87. The summed E-state index contributed by atoms with van der Waals surface area (Å²) >= 11 is 1.34. The highest BCUT2D eigenvalue weighted by molar-refractivity contribution is 7.94. The third-order valence-electron chi connectivity index (χ3n) is 1.24. The van der Waals surface area contributed by atoms with Crippen molar-refractivity contribution in [2.75, 3.05) is 14.2 Å². The maximum Gasteiger partial charge on any atom is 0.118 e. The smallest absolute Gasteiger partial charge is 0.118 e. The van der Waals surface area contributed by atoms with Crippen molar-refractivity contribution in [2.45, 2.75) is 4.90 Å². The van der Waals surface area contributed by atoms with Crippen molar-refractivity contribution in [3.8, 4) is 5.75 Å². The molecule has 0 atom stereocenters. The van der Waals surface area contributed by atoms with Gasteiger partial charge in [0.2, 0.25) is 0 Å². The van der Waals surface area contributed by atoms with Gasteiger partial charge in [-0.15, -0.1) is 0 Å². The predicted molar refractivity (Wildman–Crippen MR) is 45.9 cm³/mol. The maximum atomic E-state index is 5.00. The summed E-state index contributed by atoms with van der Waals surface area (Å²) in [6.07, 6.45) is 0. The van der Waals surface area contributed by atoms with Gasteiger partial charge in [0.1, 0.15) is 5.75 Å². The molecule has 60 valence electrons. The summed E-state index contributed by atoms with van der Waals surface area (Å²) in [6, 6.07) is 7.71. The minimum absolute atomic E-state index is 0.866. The molecule has 1 aromatic rings. The summed E-state index contributed by atoms with van der Waals surface area (Å²) in [6.45, 7) is 0. The first-order chi connectivity index (χ1) is 5.36. The van der Waals surface area contributed by atoms with Crippen LogP contribution in [0.15, 0.2) is 29.2 Å². The highest BCUT2D eigenvalue weighted by atomic mass is 32.2. The van der Waals surface area contributed by atoms with Crippen LogP contribution in [0.1, 0.15) is 0 Å². The number of ether oxygens (including phenoxy) is 1. The number of hydrogen-bond acceptors (Lipinski definition) is 3. The summed E-state index contributed by atoms with van der Waals surface area (Å²) in [7, 11) is 3.30. The van der Waals surface area contributed by atoms with Crippen LogP contribution >= 0.6 is 12.0 Å². The fraction of sp³-hybridized carbons (Fsp3) is 0.250. The van der Waals surface area contributed by atoms with Gasteiger partial charge >= 0.3 is 0 Å². The van der Waals surface area contributed by atoms with Gasteiger partial charge in [0, 0.05) is 16.9 Å². The topological polar surface area (TPSA) is 18.5 Å². The molecule has 0 bridgehead atoms. The van der Waals surface area contributed by atoms with Gasteiger partial charge in [0.05, 0.1) is 14.2 Å². The van der Waals surface area contributed by atoms with Crippen molar-refractivity contribution in [3.05, 3.63) is 24.3 Å². The standard InChI is InChI=1S/C8H10O2S/c1-9-7-3-5-8(6-4-7)11-10-2/h3-6H,1-2H3. The molecule has 0 aliphatic heterocycles. The zero-order valence-electron chi connectivity index (χ0n) is 6.53.